The van der Waals surface area contributed by atoms with E-state index in [-0.39, 0.29) is 26.1 Å². The highest BCUT2D eigenvalue weighted by atomic mass is 31.2. The molecule has 2 atom stereocenters. The molecule has 0 radical (unpaired) electrons. The van der Waals surface area contributed by atoms with Crippen LogP contribution >= 0.6 is 7.82 Å². The monoisotopic (exact) mass is 1030 g/mol. The highest BCUT2D eigenvalue weighted by Crippen LogP contribution is 2.43. The van der Waals surface area contributed by atoms with Gasteiger partial charge in [-0.25, -0.2) is 4.57 Å². The van der Waals surface area contributed by atoms with E-state index in [9.17, 15) is 19.0 Å². The number of rotatable bonds is 48. The molecule has 0 rings (SSSR count). The van der Waals surface area contributed by atoms with Crippen LogP contribution in [0.1, 0.15) is 174 Å². The summed E-state index contributed by atoms with van der Waals surface area (Å²) in [4.78, 5) is 35.4. The molecule has 73 heavy (non-hydrogen) atoms. The molecule has 0 bridgehead atoms. The Morgan fingerprint density at radius 1 is 0.438 bits per heavy atom. The maximum Gasteiger partial charge on any atom is 0.472 e. The predicted octanol–water partition coefficient (Wildman–Crippen LogP) is 17.3. The van der Waals surface area contributed by atoms with Gasteiger partial charge in [0.15, 0.2) is 6.10 Å². The molecule has 410 valence electrons. The molecule has 0 fully saturated rings. The number of hydrogen-bond acceptors (Lipinski definition) is 7. The van der Waals surface area contributed by atoms with Crippen LogP contribution < -0.4 is 0 Å². The van der Waals surface area contributed by atoms with Crippen molar-refractivity contribution in [2.45, 2.75) is 180 Å². The Morgan fingerprint density at radius 2 is 0.781 bits per heavy atom. The van der Waals surface area contributed by atoms with Crippen molar-refractivity contribution in [3.05, 3.63) is 158 Å². The molecule has 0 saturated heterocycles. The summed E-state index contributed by atoms with van der Waals surface area (Å²) < 4.78 is 34.3. The summed E-state index contributed by atoms with van der Waals surface area (Å²) in [5.41, 5.74) is 0. The maximum atomic E-state index is 12.7. The van der Waals surface area contributed by atoms with Crippen LogP contribution in [-0.4, -0.2) is 74.9 Å². The van der Waals surface area contributed by atoms with E-state index in [0.717, 1.165) is 128 Å². The van der Waals surface area contributed by atoms with Crippen molar-refractivity contribution in [2.75, 3.05) is 47.5 Å². The third-order valence-corrected chi connectivity index (χ3v) is 11.8. The molecule has 0 aromatic carbocycles. The van der Waals surface area contributed by atoms with E-state index in [1.165, 1.54) is 6.42 Å². The van der Waals surface area contributed by atoms with Crippen LogP contribution in [0.15, 0.2) is 158 Å². The molecular formula is C63H101NO8P+. The van der Waals surface area contributed by atoms with E-state index in [1.54, 1.807) is 0 Å². The van der Waals surface area contributed by atoms with Gasteiger partial charge in [0.25, 0.3) is 0 Å². The summed E-state index contributed by atoms with van der Waals surface area (Å²) in [6.07, 6.45) is 79.1. The summed E-state index contributed by atoms with van der Waals surface area (Å²) in [5, 5.41) is 0. The number of likely N-dealkylation sites (N-methyl/N-ethyl adjacent to an activating group) is 1. The number of esters is 2. The minimum Gasteiger partial charge on any atom is -0.462 e. The van der Waals surface area contributed by atoms with Gasteiger partial charge in [0.1, 0.15) is 19.8 Å². The first-order chi connectivity index (χ1) is 35.5. The number of carbonyl (C=O) groups excluding carboxylic acids is 2. The van der Waals surface area contributed by atoms with Crippen molar-refractivity contribution in [2.24, 2.45) is 0 Å². The highest BCUT2D eigenvalue weighted by molar-refractivity contribution is 7.47. The molecule has 0 aromatic rings. The van der Waals surface area contributed by atoms with Crippen LogP contribution in [0.25, 0.3) is 0 Å². The smallest absolute Gasteiger partial charge is 0.462 e. The molecule has 0 saturated carbocycles. The van der Waals surface area contributed by atoms with Crippen molar-refractivity contribution in [3.63, 3.8) is 0 Å². The SMILES string of the molecule is CC/C=C\C/C=C\C/C=C\C/C=C\C/C=C\C/C=C\C/C=C\C/C=C\C/C=C\C/C=C\C/C=C\C/C=C\CCCCC(=O)OC(COC(=O)CCCCCCC/C=C\CCC)COP(=O)(O)OCC[N+](C)(C)C. The Bertz CT molecular complexity index is 1780. The van der Waals surface area contributed by atoms with Gasteiger partial charge in [0.05, 0.1) is 27.7 Å². The van der Waals surface area contributed by atoms with E-state index >= 15 is 0 Å². The zero-order valence-corrected chi connectivity index (χ0v) is 47.2. The fourth-order valence-corrected chi connectivity index (χ4v) is 7.27. The van der Waals surface area contributed by atoms with Crippen molar-refractivity contribution in [1.29, 1.82) is 0 Å². The first-order valence-corrected chi connectivity index (χ1v) is 29.2. The summed E-state index contributed by atoms with van der Waals surface area (Å²) in [6, 6.07) is 0. The zero-order chi connectivity index (χ0) is 53.5. The summed E-state index contributed by atoms with van der Waals surface area (Å²) in [5.74, 6) is -0.878. The molecule has 0 aliphatic rings. The Morgan fingerprint density at radius 3 is 1.21 bits per heavy atom. The van der Waals surface area contributed by atoms with Crippen molar-refractivity contribution in [3.8, 4) is 0 Å². The van der Waals surface area contributed by atoms with Gasteiger partial charge >= 0.3 is 19.8 Å². The topological polar surface area (TPSA) is 108 Å². The molecule has 0 spiro atoms. The molecule has 1 N–H and O–H groups in total. The van der Waals surface area contributed by atoms with Crippen LogP contribution in [-0.2, 0) is 32.7 Å². The van der Waals surface area contributed by atoms with Crippen LogP contribution in [0.5, 0.6) is 0 Å². The van der Waals surface area contributed by atoms with Gasteiger partial charge in [-0.05, 0) is 122 Å². The average Bonchev–Trinajstić information content (AvgIpc) is 3.35. The second kappa shape index (κ2) is 52.5. The quantitative estimate of drug-likeness (QED) is 0.0211. The third-order valence-electron chi connectivity index (χ3n) is 10.8. The minimum absolute atomic E-state index is 0.0131. The number of phosphoric ester groups is 1. The Labute approximate surface area is 445 Å². The van der Waals surface area contributed by atoms with Gasteiger partial charge in [-0.1, -0.05) is 198 Å². The number of quaternary nitrogens is 1. The lowest BCUT2D eigenvalue weighted by atomic mass is 10.1. The Kier molecular flexibility index (Phi) is 49.3. The van der Waals surface area contributed by atoms with E-state index in [4.69, 9.17) is 18.5 Å². The van der Waals surface area contributed by atoms with Gasteiger partial charge < -0.3 is 18.9 Å². The molecule has 0 heterocycles. The fourth-order valence-electron chi connectivity index (χ4n) is 6.53. The lowest BCUT2D eigenvalue weighted by Crippen LogP contribution is -2.37. The summed E-state index contributed by atoms with van der Waals surface area (Å²) in [7, 11) is 1.42. The fraction of sp³-hybridized carbons (Fsp3) is 0.556. The largest absolute Gasteiger partial charge is 0.472 e. The average molecular weight is 1030 g/mol. The van der Waals surface area contributed by atoms with E-state index in [2.05, 4.69) is 172 Å². The first-order valence-electron chi connectivity index (χ1n) is 27.7. The van der Waals surface area contributed by atoms with Gasteiger partial charge in [-0.2, -0.15) is 0 Å². The molecular weight excluding hydrogens is 930 g/mol. The number of ether oxygens (including phenoxy) is 2. The lowest BCUT2D eigenvalue weighted by Gasteiger charge is -2.24. The van der Waals surface area contributed by atoms with Crippen LogP contribution in [0.4, 0.5) is 0 Å². The summed E-state index contributed by atoms with van der Waals surface area (Å²) in [6.45, 7) is 4.14. The number of allylic oxidation sites excluding steroid dienone is 26. The van der Waals surface area contributed by atoms with E-state index in [1.807, 2.05) is 21.1 Å². The molecule has 0 aliphatic carbocycles. The van der Waals surface area contributed by atoms with Gasteiger partial charge in [-0.3, -0.25) is 18.6 Å². The van der Waals surface area contributed by atoms with Crippen LogP contribution in [0.3, 0.4) is 0 Å². The third kappa shape index (κ3) is 56.8. The van der Waals surface area contributed by atoms with Crippen LogP contribution in [0.2, 0.25) is 0 Å². The lowest BCUT2D eigenvalue weighted by molar-refractivity contribution is -0.870. The van der Waals surface area contributed by atoms with Gasteiger partial charge in [-0.15, -0.1) is 0 Å². The molecule has 0 amide bonds. The second-order valence-electron chi connectivity index (χ2n) is 18.9. The maximum absolute atomic E-state index is 12.7. The van der Waals surface area contributed by atoms with Gasteiger partial charge in [0, 0.05) is 12.8 Å². The van der Waals surface area contributed by atoms with Crippen molar-refractivity contribution >= 4 is 19.8 Å². The number of hydrogen-bond donors (Lipinski definition) is 1. The second-order valence-corrected chi connectivity index (χ2v) is 20.3. The highest BCUT2D eigenvalue weighted by Gasteiger charge is 2.27. The minimum atomic E-state index is -4.40. The normalized spacial score (nSPS) is 14.5. The standard InChI is InChI=1S/C63H100NO8P/c1-6-8-10-12-14-16-18-19-20-21-22-23-24-25-26-27-28-29-30-31-32-33-34-35-36-37-38-39-40-41-42-43-44-45-46-48-50-52-54-56-63(66)72-61(60-71-73(67,68)70-58-57-64(3,4)5)59-69-62(65)55-53-51-49-47-17-15-13-11-9-7-2/h8,10-11,13-14,16,19-20,22-23,25-26,28-29,31-32,34-35,37-38,40-41,43-44,46,48,61H,6-7,9,12,15,17-18,21,24,27,30,33,36,39,42,45,47,49-60H2,1-5H3/p+1/b10-8-,13-11-,16-14-,20-19-,23-22-,26-25-,29-28-,32-31-,35-34-,38-37-,41-40-,44-43-,48-46-. The van der Waals surface area contributed by atoms with Crippen LogP contribution in [0, 0.1) is 0 Å². The number of phosphoric acid groups is 1. The first kappa shape index (κ1) is 68.6. The van der Waals surface area contributed by atoms with E-state index in [0.29, 0.717) is 23.9 Å². The zero-order valence-electron chi connectivity index (χ0n) is 46.3. The number of unbranched alkanes of at least 4 members (excludes halogenated alkanes) is 8. The van der Waals surface area contributed by atoms with Crippen molar-refractivity contribution < 1.29 is 42.1 Å². The Hall–Kier alpha value is -4.37. The number of carbonyl (C=O) groups is 2. The molecule has 9 nitrogen and oxygen atoms in total. The van der Waals surface area contributed by atoms with Crippen molar-refractivity contribution in [1.82, 2.24) is 0 Å². The molecule has 0 aromatic heterocycles. The number of nitrogens with zero attached hydrogens (tertiary/aromatic N) is 1. The molecule has 2 unspecified atom stereocenters. The Balaban J connectivity index is 4.22. The molecule has 10 heteroatoms. The summed E-state index contributed by atoms with van der Waals surface area (Å²) >= 11 is 0. The van der Waals surface area contributed by atoms with E-state index < -0.39 is 32.5 Å². The van der Waals surface area contributed by atoms with Gasteiger partial charge in [0.2, 0.25) is 0 Å². The predicted molar refractivity (Wildman–Crippen MR) is 311 cm³/mol. The molecule has 0 aliphatic heterocycles.